The summed E-state index contributed by atoms with van der Waals surface area (Å²) in [5.74, 6) is 0.156. The number of rotatable bonds is 7. The molecule has 0 bridgehead atoms. The lowest BCUT2D eigenvalue weighted by molar-refractivity contribution is -0.132. The van der Waals surface area contributed by atoms with Crippen molar-refractivity contribution in [2.75, 3.05) is 20.6 Å². The molecule has 1 unspecified atom stereocenters. The van der Waals surface area contributed by atoms with Gasteiger partial charge in [0.05, 0.1) is 19.1 Å². The molecule has 130 valence electrons. The van der Waals surface area contributed by atoms with Crippen molar-refractivity contribution >= 4 is 5.91 Å². The van der Waals surface area contributed by atoms with E-state index in [2.05, 4.69) is 4.98 Å². The Hall–Kier alpha value is -2.28. The van der Waals surface area contributed by atoms with E-state index in [-0.39, 0.29) is 30.9 Å². The zero-order valence-corrected chi connectivity index (χ0v) is 14.1. The molecule has 7 heteroatoms. The van der Waals surface area contributed by atoms with E-state index in [0.29, 0.717) is 0 Å². The molecule has 0 saturated heterocycles. The third-order valence-electron chi connectivity index (χ3n) is 4.03. The highest BCUT2D eigenvalue weighted by Crippen LogP contribution is 2.18. The number of hydrogen-bond acceptors (Lipinski definition) is 3. The average molecular weight is 336 g/mol. The van der Waals surface area contributed by atoms with Crippen LogP contribution in [0.1, 0.15) is 30.9 Å². The fourth-order valence-corrected chi connectivity index (χ4v) is 2.45. The summed E-state index contributed by atoms with van der Waals surface area (Å²) in [5.41, 5.74) is 1.05. The minimum absolute atomic E-state index is 0.0600. The predicted molar refractivity (Wildman–Crippen MR) is 87.4 cm³/mol. The average Bonchev–Trinajstić information content (AvgIpc) is 3.02. The highest BCUT2D eigenvalue weighted by atomic mass is 19.3. The third-order valence-corrected chi connectivity index (χ3v) is 4.03. The van der Waals surface area contributed by atoms with Gasteiger partial charge in [0.25, 0.3) is 0 Å². The molecule has 1 atom stereocenters. The van der Waals surface area contributed by atoms with Gasteiger partial charge in [-0.15, -0.1) is 0 Å². The molecule has 0 radical (unpaired) electrons. The van der Waals surface area contributed by atoms with Gasteiger partial charge in [0.1, 0.15) is 5.82 Å². The van der Waals surface area contributed by atoms with E-state index in [0.717, 1.165) is 10.1 Å². The van der Waals surface area contributed by atoms with E-state index < -0.39 is 6.55 Å². The lowest BCUT2D eigenvalue weighted by Crippen LogP contribution is -2.38. The van der Waals surface area contributed by atoms with Crippen molar-refractivity contribution in [3.8, 4) is 0 Å². The topological polar surface area (TPSA) is 41.4 Å². The number of carbonyl (C=O) groups excluding carboxylic acids is 1. The Morgan fingerprint density at radius 3 is 2.54 bits per heavy atom. The zero-order valence-electron chi connectivity index (χ0n) is 14.1. The van der Waals surface area contributed by atoms with E-state index in [9.17, 15) is 13.6 Å². The number of amides is 1. The SMILES string of the molecule is CC(c1ccccc1)N(C)C(=O)CN(C)Cc1nccn1C(F)F. The van der Waals surface area contributed by atoms with Gasteiger partial charge in [0.2, 0.25) is 5.91 Å². The van der Waals surface area contributed by atoms with E-state index in [4.69, 9.17) is 0 Å². The molecular weight excluding hydrogens is 314 g/mol. The van der Waals surface area contributed by atoms with Crippen molar-refractivity contribution in [3.05, 3.63) is 54.1 Å². The molecule has 5 nitrogen and oxygen atoms in total. The Balaban J connectivity index is 1.94. The number of halogens is 2. The van der Waals surface area contributed by atoms with E-state index >= 15 is 0 Å². The molecule has 0 aliphatic heterocycles. The lowest BCUT2D eigenvalue weighted by atomic mass is 10.1. The van der Waals surface area contributed by atoms with Gasteiger partial charge in [0.15, 0.2) is 0 Å². The van der Waals surface area contributed by atoms with Gasteiger partial charge in [-0.2, -0.15) is 8.78 Å². The largest absolute Gasteiger partial charge is 0.338 e. The number of aromatic nitrogens is 2. The van der Waals surface area contributed by atoms with Crippen LogP contribution in [-0.2, 0) is 11.3 Å². The van der Waals surface area contributed by atoms with Crippen LogP contribution < -0.4 is 0 Å². The van der Waals surface area contributed by atoms with Crippen molar-refractivity contribution in [2.24, 2.45) is 0 Å². The number of alkyl halides is 2. The van der Waals surface area contributed by atoms with Gasteiger partial charge >= 0.3 is 6.55 Å². The minimum Gasteiger partial charge on any atom is -0.338 e. The molecule has 1 aromatic heterocycles. The molecule has 1 aromatic carbocycles. The van der Waals surface area contributed by atoms with Crippen LogP contribution in [0.15, 0.2) is 42.7 Å². The Morgan fingerprint density at radius 2 is 1.92 bits per heavy atom. The van der Waals surface area contributed by atoms with Gasteiger partial charge in [-0.3, -0.25) is 14.3 Å². The smallest absolute Gasteiger partial charge is 0.319 e. The molecule has 0 fully saturated rings. The maximum atomic E-state index is 12.8. The molecule has 1 amide bonds. The zero-order chi connectivity index (χ0) is 17.7. The highest BCUT2D eigenvalue weighted by molar-refractivity contribution is 5.78. The van der Waals surface area contributed by atoms with Crippen molar-refractivity contribution in [2.45, 2.75) is 26.1 Å². The van der Waals surface area contributed by atoms with Gasteiger partial charge < -0.3 is 4.90 Å². The molecule has 1 heterocycles. The van der Waals surface area contributed by atoms with E-state index in [1.54, 1.807) is 23.9 Å². The number of carbonyl (C=O) groups is 1. The van der Waals surface area contributed by atoms with Crippen molar-refractivity contribution < 1.29 is 13.6 Å². The van der Waals surface area contributed by atoms with Gasteiger partial charge in [-0.05, 0) is 19.5 Å². The Kier molecular flexibility index (Phi) is 6.03. The van der Waals surface area contributed by atoms with Crippen molar-refractivity contribution in [1.82, 2.24) is 19.4 Å². The second-order valence-corrected chi connectivity index (χ2v) is 5.79. The highest BCUT2D eigenvalue weighted by Gasteiger charge is 2.20. The van der Waals surface area contributed by atoms with Gasteiger partial charge in [-0.1, -0.05) is 30.3 Å². The summed E-state index contributed by atoms with van der Waals surface area (Å²) < 4.78 is 26.5. The van der Waals surface area contributed by atoms with Crippen LogP contribution >= 0.6 is 0 Å². The molecule has 2 rings (SSSR count). The maximum Gasteiger partial charge on any atom is 0.319 e. The predicted octanol–water partition coefficient (Wildman–Crippen LogP) is 2.93. The molecular formula is C17H22F2N4O. The first kappa shape index (κ1) is 18.1. The third kappa shape index (κ3) is 4.38. The number of imidazole rings is 1. The maximum absolute atomic E-state index is 12.8. The number of benzene rings is 1. The van der Waals surface area contributed by atoms with E-state index in [1.165, 1.54) is 12.4 Å². The number of hydrogen-bond donors (Lipinski definition) is 0. The summed E-state index contributed by atoms with van der Waals surface area (Å²) >= 11 is 0. The number of nitrogens with zero attached hydrogens (tertiary/aromatic N) is 4. The molecule has 0 saturated carbocycles. The van der Waals surface area contributed by atoms with Gasteiger partial charge in [-0.25, -0.2) is 4.98 Å². The second kappa shape index (κ2) is 8.01. The van der Waals surface area contributed by atoms with Crippen LogP contribution in [0.25, 0.3) is 0 Å². The van der Waals surface area contributed by atoms with Crippen LogP contribution in [-0.4, -0.2) is 45.9 Å². The van der Waals surface area contributed by atoms with Crippen LogP contribution in [0.2, 0.25) is 0 Å². The van der Waals surface area contributed by atoms with Crippen molar-refractivity contribution in [1.29, 1.82) is 0 Å². The molecule has 0 N–H and O–H groups in total. The summed E-state index contributed by atoms with van der Waals surface area (Å²) in [5, 5.41) is 0. The summed E-state index contributed by atoms with van der Waals surface area (Å²) in [4.78, 5) is 19.7. The first-order valence-corrected chi connectivity index (χ1v) is 7.69. The first-order valence-electron chi connectivity index (χ1n) is 7.69. The second-order valence-electron chi connectivity index (χ2n) is 5.79. The Labute approximate surface area is 140 Å². The lowest BCUT2D eigenvalue weighted by Gasteiger charge is -2.27. The fraction of sp³-hybridized carbons (Fsp3) is 0.412. The van der Waals surface area contributed by atoms with Crippen LogP contribution in [0.4, 0.5) is 8.78 Å². The Bertz CT molecular complexity index is 660. The molecule has 2 aromatic rings. The van der Waals surface area contributed by atoms with Crippen LogP contribution in [0.3, 0.4) is 0 Å². The molecule has 0 aliphatic rings. The first-order chi connectivity index (χ1) is 11.4. The molecule has 24 heavy (non-hydrogen) atoms. The quantitative estimate of drug-likeness (QED) is 0.781. The van der Waals surface area contributed by atoms with Crippen molar-refractivity contribution in [3.63, 3.8) is 0 Å². The molecule has 0 aliphatic carbocycles. The summed E-state index contributed by atoms with van der Waals surface area (Å²) in [7, 11) is 3.46. The van der Waals surface area contributed by atoms with Gasteiger partial charge in [0, 0.05) is 19.4 Å². The normalized spacial score (nSPS) is 12.6. The number of likely N-dealkylation sites (N-methyl/N-ethyl adjacent to an activating group) is 2. The summed E-state index contributed by atoms with van der Waals surface area (Å²) in [6.45, 7) is -0.371. The summed E-state index contributed by atoms with van der Waals surface area (Å²) in [6.07, 6.45) is 2.57. The van der Waals surface area contributed by atoms with Crippen LogP contribution in [0, 0.1) is 0 Å². The summed E-state index contributed by atoms with van der Waals surface area (Å²) in [6, 6.07) is 9.67. The minimum atomic E-state index is -2.63. The Morgan fingerprint density at radius 1 is 1.25 bits per heavy atom. The van der Waals surface area contributed by atoms with E-state index in [1.807, 2.05) is 37.3 Å². The van der Waals surface area contributed by atoms with Crippen LogP contribution in [0.5, 0.6) is 0 Å². The standard InChI is InChI=1S/C17H22F2N4O/c1-13(14-7-5-4-6-8-14)22(3)16(24)12-21(2)11-15-20-9-10-23(15)17(18)19/h4-10,13,17H,11-12H2,1-3H3. The monoisotopic (exact) mass is 336 g/mol. The molecule has 0 spiro atoms. The fourth-order valence-electron chi connectivity index (χ4n) is 2.45.